The van der Waals surface area contributed by atoms with Gasteiger partial charge < -0.3 is 0 Å². The maximum absolute atomic E-state index is 3.69. The summed E-state index contributed by atoms with van der Waals surface area (Å²) in [4.78, 5) is 0. The minimum atomic E-state index is 0.518. The highest BCUT2D eigenvalue weighted by Crippen LogP contribution is 2.20. The molecule has 0 nitrogen and oxygen atoms in total. The van der Waals surface area contributed by atoms with Crippen LogP contribution in [0.25, 0.3) is 0 Å². The van der Waals surface area contributed by atoms with Gasteiger partial charge >= 0.3 is 0 Å². The Labute approximate surface area is 81.5 Å². The van der Waals surface area contributed by atoms with Crippen LogP contribution in [0.2, 0.25) is 0 Å². The number of alkyl halides is 1. The Morgan fingerprint density at radius 1 is 1.45 bits per heavy atom. The molecule has 0 radical (unpaired) electrons. The van der Waals surface area contributed by atoms with Gasteiger partial charge in [-0.3, -0.25) is 0 Å². The van der Waals surface area contributed by atoms with Crippen molar-refractivity contribution in [3.05, 3.63) is 48.6 Å². The predicted octanol–water partition coefficient (Wildman–Crippen LogP) is 3.28. The minimum absolute atomic E-state index is 0.518. The lowest BCUT2D eigenvalue weighted by molar-refractivity contribution is 0.997. The van der Waals surface area contributed by atoms with Crippen molar-refractivity contribution in [2.75, 3.05) is 4.43 Å². The average molecular weight is 258 g/mol. The first-order valence-corrected chi connectivity index (χ1v) is 5.13. The Hall–Kier alpha value is -0.310. The molecule has 0 saturated heterocycles. The molecule has 1 aliphatic rings. The number of rotatable bonds is 3. The van der Waals surface area contributed by atoms with Crippen LogP contribution in [0.3, 0.4) is 0 Å². The van der Waals surface area contributed by atoms with Gasteiger partial charge in [0.15, 0.2) is 0 Å². The lowest BCUT2D eigenvalue weighted by Gasteiger charge is -2.06. The summed E-state index contributed by atoms with van der Waals surface area (Å²) in [5.41, 5.74) is 1.42. The first-order valence-electron chi connectivity index (χ1n) is 3.61. The molecule has 0 atom stereocenters. The molecule has 58 valence electrons. The molecule has 0 amide bonds. The van der Waals surface area contributed by atoms with Crippen molar-refractivity contribution in [3.8, 4) is 0 Å². The molecule has 0 aromatic carbocycles. The summed E-state index contributed by atoms with van der Waals surface area (Å²) in [6.07, 6.45) is 12.5. The van der Waals surface area contributed by atoms with Crippen molar-refractivity contribution in [1.29, 1.82) is 0 Å². The second-order valence-electron chi connectivity index (χ2n) is 2.41. The maximum Gasteiger partial charge on any atom is 0.0218 e. The largest absolute Gasteiger partial charge is 0.0991 e. The molecule has 1 aliphatic carbocycles. The molecule has 11 heavy (non-hydrogen) atoms. The van der Waals surface area contributed by atoms with Crippen LogP contribution in [0.4, 0.5) is 0 Å². The van der Waals surface area contributed by atoms with Crippen LogP contribution in [0.1, 0.15) is 0 Å². The summed E-state index contributed by atoms with van der Waals surface area (Å²) < 4.78 is 1.07. The van der Waals surface area contributed by atoms with E-state index in [2.05, 4.69) is 59.5 Å². The van der Waals surface area contributed by atoms with Crippen LogP contribution in [-0.4, -0.2) is 4.43 Å². The summed E-state index contributed by atoms with van der Waals surface area (Å²) in [5, 5.41) is 0. The van der Waals surface area contributed by atoms with E-state index in [0.717, 1.165) is 4.43 Å². The number of halogens is 1. The van der Waals surface area contributed by atoms with Crippen LogP contribution in [-0.2, 0) is 0 Å². The van der Waals surface area contributed by atoms with Crippen LogP contribution in [0.5, 0.6) is 0 Å². The Bertz CT molecular complexity index is 209. The van der Waals surface area contributed by atoms with Gasteiger partial charge in [0.2, 0.25) is 0 Å². The summed E-state index contributed by atoms with van der Waals surface area (Å²) in [6.45, 7) is 3.69. The fourth-order valence-corrected chi connectivity index (χ4v) is 1.84. The molecular formula is C10H11I. The highest BCUT2D eigenvalue weighted by Gasteiger charge is 2.07. The first-order chi connectivity index (χ1) is 5.38. The van der Waals surface area contributed by atoms with Gasteiger partial charge in [-0.05, 0) is 5.57 Å². The molecule has 0 spiro atoms. The van der Waals surface area contributed by atoms with Crippen molar-refractivity contribution < 1.29 is 0 Å². The second-order valence-corrected chi connectivity index (χ2v) is 3.17. The molecular weight excluding hydrogens is 247 g/mol. The summed E-state index contributed by atoms with van der Waals surface area (Å²) in [5.74, 6) is 0.518. The highest BCUT2D eigenvalue weighted by molar-refractivity contribution is 14.1. The summed E-state index contributed by atoms with van der Waals surface area (Å²) in [6, 6.07) is 0. The lowest BCUT2D eigenvalue weighted by atomic mass is 10.0. The van der Waals surface area contributed by atoms with Crippen LogP contribution in [0, 0.1) is 5.92 Å². The third-order valence-electron chi connectivity index (χ3n) is 1.66. The van der Waals surface area contributed by atoms with Crippen LogP contribution < -0.4 is 0 Å². The van der Waals surface area contributed by atoms with E-state index in [1.165, 1.54) is 5.57 Å². The van der Waals surface area contributed by atoms with E-state index in [9.17, 15) is 0 Å². The molecule has 1 rings (SSSR count). The van der Waals surface area contributed by atoms with Gasteiger partial charge in [0, 0.05) is 10.3 Å². The van der Waals surface area contributed by atoms with Gasteiger partial charge in [-0.1, -0.05) is 65.6 Å². The number of allylic oxidation sites excluding steroid dienone is 7. The molecule has 0 N–H and O–H groups in total. The molecule has 0 saturated carbocycles. The van der Waals surface area contributed by atoms with E-state index in [0.29, 0.717) is 5.92 Å². The first kappa shape index (κ1) is 8.78. The minimum Gasteiger partial charge on any atom is -0.0991 e. The van der Waals surface area contributed by atoms with Gasteiger partial charge in [0.25, 0.3) is 0 Å². The molecule has 0 fully saturated rings. The molecule has 0 aromatic rings. The second kappa shape index (κ2) is 4.54. The predicted molar refractivity (Wildman–Crippen MR) is 58.9 cm³/mol. The van der Waals surface area contributed by atoms with Crippen LogP contribution in [0.15, 0.2) is 48.6 Å². The number of hydrogen-bond donors (Lipinski definition) is 0. The normalized spacial score (nSPS) is 17.7. The van der Waals surface area contributed by atoms with Gasteiger partial charge in [0.05, 0.1) is 0 Å². The molecule has 0 aliphatic heterocycles. The Kier molecular flexibility index (Phi) is 3.63. The van der Waals surface area contributed by atoms with Gasteiger partial charge in [-0.25, -0.2) is 0 Å². The standard InChI is InChI=1S/C10H11I/c1-2-5-10(8-11)9-6-3-4-7-9/h2-7,9H,1,8H2. The average Bonchev–Trinajstić information content (AvgIpc) is 2.52. The van der Waals surface area contributed by atoms with Gasteiger partial charge in [-0.15, -0.1) is 0 Å². The SMILES string of the molecule is C=CC=C(CI)C1C=CC=C1. The third kappa shape index (κ3) is 2.33. The van der Waals surface area contributed by atoms with Crippen molar-refractivity contribution >= 4 is 22.6 Å². The van der Waals surface area contributed by atoms with Crippen molar-refractivity contribution in [3.63, 3.8) is 0 Å². The van der Waals surface area contributed by atoms with Crippen LogP contribution >= 0.6 is 22.6 Å². The van der Waals surface area contributed by atoms with Crippen molar-refractivity contribution in [1.82, 2.24) is 0 Å². The zero-order valence-corrected chi connectivity index (χ0v) is 8.49. The molecule has 0 bridgehead atoms. The molecule has 0 unspecified atom stereocenters. The topological polar surface area (TPSA) is 0 Å². The Balaban J connectivity index is 2.69. The fraction of sp³-hybridized carbons (Fsp3) is 0.200. The molecule has 0 aromatic heterocycles. The monoisotopic (exact) mass is 258 g/mol. The Morgan fingerprint density at radius 2 is 2.09 bits per heavy atom. The molecule has 0 heterocycles. The van der Waals surface area contributed by atoms with Crippen molar-refractivity contribution in [2.24, 2.45) is 5.92 Å². The third-order valence-corrected chi connectivity index (χ3v) is 2.54. The fourth-order valence-electron chi connectivity index (χ4n) is 1.08. The summed E-state index contributed by atoms with van der Waals surface area (Å²) >= 11 is 2.38. The summed E-state index contributed by atoms with van der Waals surface area (Å²) in [7, 11) is 0. The smallest absolute Gasteiger partial charge is 0.0218 e. The van der Waals surface area contributed by atoms with Gasteiger partial charge in [-0.2, -0.15) is 0 Å². The molecule has 1 heteroatoms. The van der Waals surface area contributed by atoms with E-state index < -0.39 is 0 Å². The highest BCUT2D eigenvalue weighted by atomic mass is 127. The van der Waals surface area contributed by atoms with Gasteiger partial charge in [0.1, 0.15) is 0 Å². The van der Waals surface area contributed by atoms with E-state index in [1.54, 1.807) is 0 Å². The van der Waals surface area contributed by atoms with E-state index in [-0.39, 0.29) is 0 Å². The zero-order valence-electron chi connectivity index (χ0n) is 6.33. The zero-order chi connectivity index (χ0) is 8.10. The maximum atomic E-state index is 3.69. The van der Waals surface area contributed by atoms with Crippen molar-refractivity contribution in [2.45, 2.75) is 0 Å². The quantitative estimate of drug-likeness (QED) is 0.414. The Morgan fingerprint density at radius 3 is 2.55 bits per heavy atom. The number of hydrogen-bond acceptors (Lipinski definition) is 0. The van der Waals surface area contributed by atoms with E-state index >= 15 is 0 Å². The van der Waals surface area contributed by atoms with E-state index in [4.69, 9.17) is 0 Å². The van der Waals surface area contributed by atoms with E-state index in [1.807, 2.05) is 6.08 Å². The lowest BCUT2D eigenvalue weighted by Crippen LogP contribution is -1.95.